The summed E-state index contributed by atoms with van der Waals surface area (Å²) in [6.07, 6.45) is 3.22. The molecule has 1 aliphatic heterocycles. The van der Waals surface area contributed by atoms with Gasteiger partial charge in [0.05, 0.1) is 6.61 Å². The van der Waals surface area contributed by atoms with Crippen LogP contribution in [-0.2, 0) is 15.1 Å². The second-order valence-corrected chi connectivity index (χ2v) is 6.51. The molecule has 0 unspecified atom stereocenters. The Morgan fingerprint density at radius 2 is 1.79 bits per heavy atom. The van der Waals surface area contributed by atoms with Crippen molar-refractivity contribution in [1.29, 1.82) is 0 Å². The number of nitrogens with zero attached hydrogens (tertiary/aromatic N) is 1. The summed E-state index contributed by atoms with van der Waals surface area (Å²) in [6, 6.07) is 15.5. The molecule has 29 heavy (non-hydrogen) atoms. The lowest BCUT2D eigenvalue weighted by Crippen LogP contribution is -2.48. The number of benzene rings is 2. The molecule has 0 radical (unpaired) electrons. The van der Waals surface area contributed by atoms with Crippen LogP contribution in [0.25, 0.3) is 6.08 Å². The van der Waals surface area contributed by atoms with E-state index in [2.05, 4.69) is 10.7 Å². The number of urea groups is 1. The summed E-state index contributed by atoms with van der Waals surface area (Å²) < 4.78 is 5.37. The third-order valence-electron chi connectivity index (χ3n) is 4.73. The van der Waals surface area contributed by atoms with Crippen molar-refractivity contribution in [2.75, 3.05) is 6.61 Å². The fourth-order valence-electron chi connectivity index (χ4n) is 3.20. The van der Waals surface area contributed by atoms with E-state index in [1.807, 2.05) is 19.9 Å². The zero-order valence-electron chi connectivity index (χ0n) is 16.3. The van der Waals surface area contributed by atoms with Gasteiger partial charge in [0.25, 0.3) is 11.8 Å². The molecule has 0 bridgehead atoms. The van der Waals surface area contributed by atoms with Crippen LogP contribution in [0.3, 0.4) is 0 Å². The molecule has 2 aromatic rings. The van der Waals surface area contributed by atoms with Gasteiger partial charge < -0.3 is 10.1 Å². The number of rotatable bonds is 7. The Labute approximate surface area is 169 Å². The predicted octanol–water partition coefficient (Wildman–Crippen LogP) is 2.99. The summed E-state index contributed by atoms with van der Waals surface area (Å²) in [5, 5.41) is 3.45. The lowest BCUT2D eigenvalue weighted by atomic mass is 9.87. The van der Waals surface area contributed by atoms with E-state index < -0.39 is 23.4 Å². The first-order valence-electron chi connectivity index (χ1n) is 9.44. The van der Waals surface area contributed by atoms with Gasteiger partial charge in [-0.25, -0.2) is 4.79 Å². The van der Waals surface area contributed by atoms with Crippen molar-refractivity contribution in [3.8, 4) is 5.75 Å². The quantitative estimate of drug-likeness (QED) is 0.559. The van der Waals surface area contributed by atoms with Crippen LogP contribution in [0.15, 0.2) is 60.7 Å². The van der Waals surface area contributed by atoms with Crippen LogP contribution in [0, 0.1) is 0 Å². The standard InChI is InChI=1S/C22H23N3O4/c1-3-22(17-8-6-5-7-9-17)20(27)25(21(28)23-22)24-19(26)15-12-16-10-13-18(14-11-16)29-4-2/h5-15H,3-4H2,1-2H3,(H,23,28)(H,24,26)/b15-12+/t22-/m1/s1. The fraction of sp³-hybridized carbons (Fsp3) is 0.227. The largest absolute Gasteiger partial charge is 0.494 e. The van der Waals surface area contributed by atoms with Gasteiger partial charge >= 0.3 is 6.03 Å². The fourth-order valence-corrected chi connectivity index (χ4v) is 3.20. The molecular weight excluding hydrogens is 370 g/mol. The van der Waals surface area contributed by atoms with Crippen molar-refractivity contribution in [3.63, 3.8) is 0 Å². The highest BCUT2D eigenvalue weighted by Gasteiger charge is 2.52. The Bertz CT molecular complexity index is 925. The summed E-state index contributed by atoms with van der Waals surface area (Å²) >= 11 is 0. The van der Waals surface area contributed by atoms with E-state index in [0.717, 1.165) is 16.3 Å². The van der Waals surface area contributed by atoms with E-state index in [1.165, 1.54) is 6.08 Å². The van der Waals surface area contributed by atoms with Crippen molar-refractivity contribution >= 4 is 23.9 Å². The summed E-state index contributed by atoms with van der Waals surface area (Å²) in [4.78, 5) is 37.6. The first-order chi connectivity index (χ1) is 14.0. The molecule has 2 aromatic carbocycles. The molecule has 1 heterocycles. The van der Waals surface area contributed by atoms with Crippen molar-refractivity contribution in [2.45, 2.75) is 25.8 Å². The van der Waals surface area contributed by atoms with Crippen molar-refractivity contribution in [2.24, 2.45) is 0 Å². The molecule has 0 spiro atoms. The summed E-state index contributed by atoms with van der Waals surface area (Å²) in [6.45, 7) is 4.28. The first kappa shape index (κ1) is 20.1. The van der Waals surface area contributed by atoms with Gasteiger partial charge in [-0.15, -0.1) is 0 Å². The molecule has 3 rings (SSSR count). The van der Waals surface area contributed by atoms with Gasteiger partial charge in [0.1, 0.15) is 11.3 Å². The summed E-state index contributed by atoms with van der Waals surface area (Å²) in [5.74, 6) is -0.355. The molecule has 0 aromatic heterocycles. The number of amides is 4. The maximum Gasteiger partial charge on any atom is 0.344 e. The third-order valence-corrected chi connectivity index (χ3v) is 4.73. The Hall–Kier alpha value is -3.61. The van der Waals surface area contributed by atoms with E-state index in [0.29, 0.717) is 18.6 Å². The molecule has 7 heteroatoms. The highest BCUT2D eigenvalue weighted by molar-refractivity contribution is 6.09. The minimum atomic E-state index is -1.19. The molecule has 1 saturated heterocycles. The first-order valence-corrected chi connectivity index (χ1v) is 9.44. The molecule has 0 saturated carbocycles. The number of hydrogen-bond donors (Lipinski definition) is 2. The van der Waals surface area contributed by atoms with Crippen LogP contribution in [0.5, 0.6) is 5.75 Å². The maximum atomic E-state index is 13.0. The van der Waals surface area contributed by atoms with Crippen molar-refractivity contribution in [3.05, 3.63) is 71.8 Å². The Kier molecular flexibility index (Phi) is 5.97. The number of carbonyl (C=O) groups excluding carboxylic acids is 3. The second kappa shape index (κ2) is 8.60. The van der Waals surface area contributed by atoms with E-state index in [4.69, 9.17) is 4.74 Å². The van der Waals surface area contributed by atoms with Gasteiger partial charge in [-0.3, -0.25) is 15.0 Å². The molecule has 1 atom stereocenters. The minimum absolute atomic E-state index is 0.357. The molecule has 7 nitrogen and oxygen atoms in total. The lowest BCUT2D eigenvalue weighted by Gasteiger charge is -2.25. The normalized spacial score (nSPS) is 18.8. The van der Waals surface area contributed by atoms with Gasteiger partial charge in [0.15, 0.2) is 0 Å². The van der Waals surface area contributed by atoms with Gasteiger partial charge in [-0.2, -0.15) is 5.01 Å². The van der Waals surface area contributed by atoms with E-state index in [-0.39, 0.29) is 0 Å². The Balaban J connectivity index is 1.70. The summed E-state index contributed by atoms with van der Waals surface area (Å²) in [5.41, 5.74) is 2.62. The Morgan fingerprint density at radius 1 is 1.10 bits per heavy atom. The lowest BCUT2D eigenvalue weighted by molar-refractivity contribution is -0.138. The number of imide groups is 1. The molecule has 150 valence electrons. The average Bonchev–Trinajstić information content (AvgIpc) is 2.99. The smallest absolute Gasteiger partial charge is 0.344 e. The summed E-state index contributed by atoms with van der Waals surface area (Å²) in [7, 11) is 0. The molecule has 2 N–H and O–H groups in total. The number of carbonyl (C=O) groups is 3. The average molecular weight is 393 g/mol. The molecule has 1 aliphatic rings. The highest BCUT2D eigenvalue weighted by atomic mass is 16.5. The number of hydrogen-bond acceptors (Lipinski definition) is 4. The number of nitrogens with one attached hydrogen (secondary N) is 2. The monoisotopic (exact) mass is 393 g/mol. The predicted molar refractivity (Wildman–Crippen MR) is 109 cm³/mol. The third kappa shape index (κ3) is 4.13. The van der Waals surface area contributed by atoms with Gasteiger partial charge in [-0.05, 0) is 42.7 Å². The van der Waals surface area contributed by atoms with Crippen molar-refractivity contribution < 1.29 is 19.1 Å². The topological polar surface area (TPSA) is 87.7 Å². The zero-order valence-corrected chi connectivity index (χ0v) is 16.3. The van der Waals surface area contributed by atoms with Gasteiger partial charge in [0.2, 0.25) is 0 Å². The van der Waals surface area contributed by atoms with E-state index in [1.54, 1.807) is 54.6 Å². The minimum Gasteiger partial charge on any atom is -0.494 e. The van der Waals surface area contributed by atoms with Crippen LogP contribution in [0.4, 0.5) is 4.79 Å². The second-order valence-electron chi connectivity index (χ2n) is 6.51. The van der Waals surface area contributed by atoms with Crippen LogP contribution >= 0.6 is 0 Å². The van der Waals surface area contributed by atoms with Crippen LogP contribution in [0.1, 0.15) is 31.4 Å². The van der Waals surface area contributed by atoms with E-state index in [9.17, 15) is 14.4 Å². The van der Waals surface area contributed by atoms with Crippen LogP contribution < -0.4 is 15.5 Å². The van der Waals surface area contributed by atoms with E-state index >= 15 is 0 Å². The maximum absolute atomic E-state index is 13.0. The van der Waals surface area contributed by atoms with Crippen molar-refractivity contribution in [1.82, 2.24) is 15.8 Å². The SMILES string of the molecule is CCOc1ccc(/C=C/C(=O)NN2C(=O)N[C@](CC)(c3ccccc3)C2=O)cc1. The highest BCUT2D eigenvalue weighted by Crippen LogP contribution is 2.31. The van der Waals surface area contributed by atoms with Gasteiger partial charge in [0, 0.05) is 6.08 Å². The number of ether oxygens (including phenoxy) is 1. The number of hydrazine groups is 1. The molecule has 4 amide bonds. The molecule has 1 fully saturated rings. The molecule has 0 aliphatic carbocycles. The van der Waals surface area contributed by atoms with Crippen LogP contribution in [-0.4, -0.2) is 29.5 Å². The van der Waals surface area contributed by atoms with Crippen LogP contribution in [0.2, 0.25) is 0 Å². The zero-order chi connectivity index (χ0) is 20.9. The Morgan fingerprint density at radius 3 is 2.41 bits per heavy atom. The van der Waals surface area contributed by atoms with Gasteiger partial charge in [-0.1, -0.05) is 49.4 Å². The molecular formula is C22H23N3O4.